The number of aliphatic hydroxyl groups is 1. The van der Waals surface area contributed by atoms with E-state index < -0.39 is 0 Å². The number of hydrogen-bond acceptors (Lipinski definition) is 2. The van der Waals surface area contributed by atoms with Gasteiger partial charge in [-0.15, -0.1) is 0 Å². The van der Waals surface area contributed by atoms with Gasteiger partial charge in [0.2, 0.25) is 0 Å². The predicted molar refractivity (Wildman–Crippen MR) is 39.7 cm³/mol. The lowest BCUT2D eigenvalue weighted by Crippen LogP contribution is -2.11. The standard InChI is InChI=1S/C8H15NO/c10-5-7-3-8(7)6-1-2-9-4-6/h6-10H,1-5H2/t6?,7-,8-/m0/s1. The average molecular weight is 141 g/mol. The van der Waals surface area contributed by atoms with Crippen LogP contribution in [0.15, 0.2) is 0 Å². The molecule has 2 rings (SSSR count). The van der Waals surface area contributed by atoms with Crippen molar-refractivity contribution in [3.8, 4) is 0 Å². The van der Waals surface area contributed by atoms with Crippen LogP contribution in [0.3, 0.4) is 0 Å². The predicted octanol–water partition coefficient (Wildman–Crippen LogP) is 0.224. The molecule has 1 saturated carbocycles. The summed E-state index contributed by atoms with van der Waals surface area (Å²) in [6.07, 6.45) is 2.62. The second-order valence-corrected chi connectivity index (χ2v) is 3.60. The molecule has 58 valence electrons. The van der Waals surface area contributed by atoms with Crippen LogP contribution in [0.2, 0.25) is 0 Å². The highest BCUT2D eigenvalue weighted by Crippen LogP contribution is 2.45. The summed E-state index contributed by atoms with van der Waals surface area (Å²) in [7, 11) is 0. The van der Waals surface area contributed by atoms with Crippen molar-refractivity contribution in [3.63, 3.8) is 0 Å². The second kappa shape index (κ2) is 2.51. The molecule has 0 aromatic heterocycles. The van der Waals surface area contributed by atoms with Crippen molar-refractivity contribution < 1.29 is 5.11 Å². The molecular weight excluding hydrogens is 126 g/mol. The first-order valence-corrected chi connectivity index (χ1v) is 4.23. The Balaban J connectivity index is 1.79. The second-order valence-electron chi connectivity index (χ2n) is 3.60. The molecule has 1 unspecified atom stereocenters. The van der Waals surface area contributed by atoms with Gasteiger partial charge in [0.05, 0.1) is 0 Å². The van der Waals surface area contributed by atoms with Gasteiger partial charge in [0.15, 0.2) is 0 Å². The lowest BCUT2D eigenvalue weighted by atomic mass is 10.0. The number of aliphatic hydroxyl groups excluding tert-OH is 1. The quantitative estimate of drug-likeness (QED) is 0.576. The molecule has 0 amide bonds. The van der Waals surface area contributed by atoms with Gasteiger partial charge in [0.1, 0.15) is 0 Å². The lowest BCUT2D eigenvalue weighted by Gasteiger charge is -2.04. The first kappa shape index (κ1) is 6.62. The molecule has 10 heavy (non-hydrogen) atoms. The summed E-state index contributed by atoms with van der Waals surface area (Å²) in [4.78, 5) is 0. The molecule has 0 spiro atoms. The molecule has 1 saturated heterocycles. The van der Waals surface area contributed by atoms with Crippen LogP contribution in [-0.4, -0.2) is 24.8 Å². The molecule has 0 aromatic rings. The lowest BCUT2D eigenvalue weighted by molar-refractivity contribution is 0.260. The van der Waals surface area contributed by atoms with E-state index in [0.717, 1.165) is 11.8 Å². The van der Waals surface area contributed by atoms with Gasteiger partial charge in [-0.1, -0.05) is 0 Å². The molecule has 2 N–H and O–H groups in total. The average Bonchev–Trinajstić information content (AvgIpc) is 2.56. The van der Waals surface area contributed by atoms with Gasteiger partial charge >= 0.3 is 0 Å². The summed E-state index contributed by atoms with van der Waals surface area (Å²) in [5.74, 6) is 2.40. The fraction of sp³-hybridized carbons (Fsp3) is 1.00. The van der Waals surface area contributed by atoms with Gasteiger partial charge in [0, 0.05) is 6.61 Å². The van der Waals surface area contributed by atoms with Crippen LogP contribution in [-0.2, 0) is 0 Å². The summed E-state index contributed by atoms with van der Waals surface area (Å²) in [5.41, 5.74) is 0. The van der Waals surface area contributed by atoms with E-state index in [9.17, 15) is 0 Å². The molecule has 2 nitrogen and oxygen atoms in total. The SMILES string of the molecule is OC[C@@H]1C[C@H]1C1CCNC1. The molecule has 0 bridgehead atoms. The molecule has 0 aromatic carbocycles. The Morgan fingerprint density at radius 2 is 2.40 bits per heavy atom. The number of nitrogens with one attached hydrogen (secondary N) is 1. The smallest absolute Gasteiger partial charge is 0.0462 e. The van der Waals surface area contributed by atoms with Gasteiger partial charge in [-0.25, -0.2) is 0 Å². The van der Waals surface area contributed by atoms with E-state index in [1.54, 1.807) is 0 Å². The van der Waals surface area contributed by atoms with Gasteiger partial charge < -0.3 is 10.4 Å². The third-order valence-electron chi connectivity index (χ3n) is 2.92. The van der Waals surface area contributed by atoms with Gasteiger partial charge in [-0.2, -0.15) is 0 Å². The van der Waals surface area contributed by atoms with Crippen LogP contribution in [0.25, 0.3) is 0 Å². The fourth-order valence-electron chi connectivity index (χ4n) is 2.10. The summed E-state index contributed by atoms with van der Waals surface area (Å²) >= 11 is 0. The van der Waals surface area contributed by atoms with E-state index >= 15 is 0 Å². The highest BCUT2D eigenvalue weighted by atomic mass is 16.3. The minimum absolute atomic E-state index is 0.418. The first-order valence-electron chi connectivity index (χ1n) is 4.23. The fourth-order valence-corrected chi connectivity index (χ4v) is 2.10. The molecule has 1 aliphatic carbocycles. The third-order valence-corrected chi connectivity index (χ3v) is 2.92. The van der Waals surface area contributed by atoms with E-state index in [1.165, 1.54) is 25.9 Å². The van der Waals surface area contributed by atoms with Gasteiger partial charge in [-0.05, 0) is 43.7 Å². The maximum atomic E-state index is 8.82. The van der Waals surface area contributed by atoms with Crippen LogP contribution < -0.4 is 5.32 Å². The van der Waals surface area contributed by atoms with Gasteiger partial charge in [-0.3, -0.25) is 0 Å². The minimum Gasteiger partial charge on any atom is -0.396 e. The maximum absolute atomic E-state index is 8.82. The summed E-state index contributed by atoms with van der Waals surface area (Å²) in [6, 6.07) is 0. The molecule has 1 heterocycles. The highest BCUT2D eigenvalue weighted by molar-refractivity contribution is 4.93. The zero-order valence-corrected chi connectivity index (χ0v) is 6.21. The van der Waals surface area contributed by atoms with Crippen LogP contribution in [0.4, 0.5) is 0 Å². The van der Waals surface area contributed by atoms with E-state index in [2.05, 4.69) is 5.32 Å². The topological polar surface area (TPSA) is 32.3 Å². The molecule has 2 heteroatoms. The number of hydrogen-bond donors (Lipinski definition) is 2. The summed E-state index contributed by atoms with van der Waals surface area (Å²) in [6.45, 7) is 2.81. The van der Waals surface area contributed by atoms with Crippen LogP contribution in [0.5, 0.6) is 0 Å². The Bertz CT molecular complexity index is 120. The van der Waals surface area contributed by atoms with Crippen molar-refractivity contribution in [2.24, 2.45) is 17.8 Å². The molecule has 2 aliphatic rings. The Morgan fingerprint density at radius 1 is 1.50 bits per heavy atom. The van der Waals surface area contributed by atoms with Gasteiger partial charge in [0.25, 0.3) is 0 Å². The maximum Gasteiger partial charge on any atom is 0.0462 e. The van der Waals surface area contributed by atoms with Crippen molar-refractivity contribution in [2.75, 3.05) is 19.7 Å². The Labute approximate surface area is 61.6 Å². The van der Waals surface area contributed by atoms with E-state index in [-0.39, 0.29) is 0 Å². The largest absolute Gasteiger partial charge is 0.396 e. The van der Waals surface area contributed by atoms with Crippen molar-refractivity contribution in [3.05, 3.63) is 0 Å². The van der Waals surface area contributed by atoms with E-state index in [0.29, 0.717) is 12.5 Å². The zero-order valence-electron chi connectivity index (χ0n) is 6.21. The molecule has 3 atom stereocenters. The monoisotopic (exact) mass is 141 g/mol. The Morgan fingerprint density at radius 3 is 2.90 bits per heavy atom. The van der Waals surface area contributed by atoms with E-state index in [1.807, 2.05) is 0 Å². The normalized spacial score (nSPS) is 45.9. The van der Waals surface area contributed by atoms with Crippen molar-refractivity contribution in [2.45, 2.75) is 12.8 Å². The Kier molecular flexibility index (Phi) is 1.66. The van der Waals surface area contributed by atoms with Crippen molar-refractivity contribution in [1.29, 1.82) is 0 Å². The number of rotatable bonds is 2. The van der Waals surface area contributed by atoms with Crippen LogP contribution in [0, 0.1) is 17.8 Å². The van der Waals surface area contributed by atoms with Crippen LogP contribution >= 0.6 is 0 Å². The molecule has 2 fully saturated rings. The van der Waals surface area contributed by atoms with Crippen molar-refractivity contribution in [1.82, 2.24) is 5.32 Å². The zero-order chi connectivity index (χ0) is 6.97. The molecular formula is C8H15NO. The summed E-state index contributed by atoms with van der Waals surface area (Å²) in [5, 5.41) is 12.2. The molecule has 1 aliphatic heterocycles. The first-order chi connectivity index (χ1) is 4.92. The summed E-state index contributed by atoms with van der Waals surface area (Å²) < 4.78 is 0. The molecule has 0 radical (unpaired) electrons. The highest BCUT2D eigenvalue weighted by Gasteiger charge is 2.42. The van der Waals surface area contributed by atoms with Crippen molar-refractivity contribution >= 4 is 0 Å². The Hall–Kier alpha value is -0.0800. The van der Waals surface area contributed by atoms with E-state index in [4.69, 9.17) is 5.11 Å². The van der Waals surface area contributed by atoms with Crippen LogP contribution in [0.1, 0.15) is 12.8 Å². The third kappa shape index (κ3) is 1.06. The minimum atomic E-state index is 0.418.